The van der Waals surface area contributed by atoms with Gasteiger partial charge in [-0.1, -0.05) is 52.5 Å². The van der Waals surface area contributed by atoms with Crippen LogP contribution in [0.15, 0.2) is 26.9 Å². The molecule has 1 atom stereocenters. The fourth-order valence-corrected chi connectivity index (χ4v) is 4.25. The molecule has 0 aliphatic rings. The van der Waals surface area contributed by atoms with Crippen LogP contribution in [0.5, 0.6) is 0 Å². The summed E-state index contributed by atoms with van der Waals surface area (Å²) in [6.45, 7) is 3.78. The predicted molar refractivity (Wildman–Crippen MR) is 91.8 cm³/mol. The van der Waals surface area contributed by atoms with Gasteiger partial charge in [-0.15, -0.1) is 10.2 Å². The fourth-order valence-electron chi connectivity index (χ4n) is 1.50. The summed E-state index contributed by atoms with van der Waals surface area (Å²) in [6, 6.07) is 5.43. The number of thioether (sulfide) groups is 2. The van der Waals surface area contributed by atoms with Crippen molar-refractivity contribution in [2.45, 2.75) is 27.8 Å². The van der Waals surface area contributed by atoms with Crippen molar-refractivity contribution >= 4 is 58.1 Å². The summed E-state index contributed by atoms with van der Waals surface area (Å²) in [5.74, 6) is -0.0775. The Labute approximate surface area is 141 Å². The summed E-state index contributed by atoms with van der Waals surface area (Å²) in [7, 11) is 0. The average Bonchev–Trinajstić information content (AvgIpc) is 2.90. The smallest absolute Gasteiger partial charge is 0.237 e. The highest BCUT2D eigenvalue weighted by Gasteiger charge is 2.18. The van der Waals surface area contributed by atoms with Crippen LogP contribution >= 0.6 is 46.5 Å². The molecule has 21 heavy (non-hydrogen) atoms. The number of aromatic nitrogens is 2. The Balaban J connectivity index is 2.00. The van der Waals surface area contributed by atoms with E-state index < -0.39 is 0 Å². The molecule has 0 aliphatic carbocycles. The van der Waals surface area contributed by atoms with E-state index in [4.69, 9.17) is 11.6 Å². The molecule has 8 heteroatoms. The first-order chi connectivity index (χ1) is 9.99. The number of halogens is 1. The molecule has 0 spiro atoms. The van der Waals surface area contributed by atoms with E-state index >= 15 is 0 Å². The Bertz CT molecular complexity index is 647. The highest BCUT2D eigenvalue weighted by Crippen LogP contribution is 2.31. The minimum atomic E-state index is -0.258. The SMILES string of the molecule is CSc1nnc(SC(C)C(=O)Nc2cc(Cl)ccc2C)s1. The van der Waals surface area contributed by atoms with Crippen molar-refractivity contribution in [1.82, 2.24) is 10.2 Å². The van der Waals surface area contributed by atoms with Crippen molar-refractivity contribution < 1.29 is 4.79 Å². The van der Waals surface area contributed by atoms with Crippen LogP contribution in [0.25, 0.3) is 0 Å². The van der Waals surface area contributed by atoms with Gasteiger partial charge >= 0.3 is 0 Å². The molecular formula is C13H14ClN3OS3. The molecule has 2 rings (SSSR count). The van der Waals surface area contributed by atoms with E-state index in [0.29, 0.717) is 5.02 Å². The molecule has 1 amide bonds. The highest BCUT2D eigenvalue weighted by atomic mass is 35.5. The van der Waals surface area contributed by atoms with Crippen LogP contribution in [-0.2, 0) is 4.79 Å². The van der Waals surface area contributed by atoms with Crippen molar-refractivity contribution in [2.75, 3.05) is 11.6 Å². The van der Waals surface area contributed by atoms with Crippen molar-refractivity contribution in [3.05, 3.63) is 28.8 Å². The number of nitrogens with one attached hydrogen (secondary N) is 1. The summed E-state index contributed by atoms with van der Waals surface area (Å²) < 4.78 is 1.70. The van der Waals surface area contributed by atoms with Gasteiger partial charge in [0.1, 0.15) is 0 Å². The lowest BCUT2D eigenvalue weighted by atomic mass is 10.2. The topological polar surface area (TPSA) is 54.9 Å². The molecular weight excluding hydrogens is 346 g/mol. The second-order valence-electron chi connectivity index (χ2n) is 4.25. The number of carbonyl (C=O) groups excluding carboxylic acids is 1. The summed E-state index contributed by atoms with van der Waals surface area (Å²) in [6.07, 6.45) is 1.95. The van der Waals surface area contributed by atoms with E-state index in [0.717, 1.165) is 19.9 Å². The number of amides is 1. The predicted octanol–water partition coefficient (Wildman–Crippen LogP) is 4.34. The molecule has 0 aliphatic heterocycles. The van der Waals surface area contributed by atoms with E-state index in [1.165, 1.54) is 23.1 Å². The highest BCUT2D eigenvalue weighted by molar-refractivity contribution is 8.03. The first kappa shape index (κ1) is 16.6. The second-order valence-corrected chi connectivity index (χ2v) is 8.30. The van der Waals surface area contributed by atoms with Crippen LogP contribution < -0.4 is 5.32 Å². The summed E-state index contributed by atoms with van der Waals surface area (Å²) in [4.78, 5) is 12.2. The molecule has 0 saturated carbocycles. The fraction of sp³-hybridized carbons (Fsp3) is 0.308. The first-order valence-corrected chi connectivity index (χ1v) is 9.40. The maximum atomic E-state index is 12.2. The van der Waals surface area contributed by atoms with Crippen molar-refractivity contribution in [2.24, 2.45) is 0 Å². The Morgan fingerprint density at radius 3 is 2.76 bits per heavy atom. The minimum Gasteiger partial charge on any atom is -0.325 e. The van der Waals surface area contributed by atoms with Gasteiger partial charge in [0.05, 0.1) is 5.25 Å². The van der Waals surface area contributed by atoms with Gasteiger partial charge < -0.3 is 5.32 Å². The normalized spacial score (nSPS) is 12.2. The van der Waals surface area contributed by atoms with Gasteiger partial charge in [-0.05, 0) is 37.8 Å². The zero-order valence-electron chi connectivity index (χ0n) is 11.7. The summed E-state index contributed by atoms with van der Waals surface area (Å²) in [5, 5.41) is 11.3. The molecule has 1 aromatic heterocycles. The molecule has 0 bridgehead atoms. The molecule has 112 valence electrons. The maximum Gasteiger partial charge on any atom is 0.237 e. The van der Waals surface area contributed by atoms with Gasteiger partial charge in [0.15, 0.2) is 8.68 Å². The van der Waals surface area contributed by atoms with E-state index in [2.05, 4.69) is 15.5 Å². The van der Waals surface area contributed by atoms with Crippen LogP contribution in [-0.4, -0.2) is 27.6 Å². The van der Waals surface area contributed by atoms with Crippen LogP contribution in [0, 0.1) is 6.92 Å². The number of aryl methyl sites for hydroxylation is 1. The van der Waals surface area contributed by atoms with Crippen LogP contribution in [0.1, 0.15) is 12.5 Å². The molecule has 1 aromatic carbocycles. The van der Waals surface area contributed by atoms with Gasteiger partial charge in [0.25, 0.3) is 0 Å². The molecule has 4 nitrogen and oxygen atoms in total. The Morgan fingerprint density at radius 1 is 1.38 bits per heavy atom. The van der Waals surface area contributed by atoms with E-state index in [1.54, 1.807) is 23.9 Å². The molecule has 0 radical (unpaired) electrons. The Hall–Kier alpha value is -0.760. The lowest BCUT2D eigenvalue weighted by Gasteiger charge is -2.12. The average molecular weight is 360 g/mol. The minimum absolute atomic E-state index is 0.0775. The zero-order chi connectivity index (χ0) is 15.4. The van der Waals surface area contributed by atoms with Crippen molar-refractivity contribution in [3.63, 3.8) is 0 Å². The van der Waals surface area contributed by atoms with Crippen molar-refractivity contribution in [3.8, 4) is 0 Å². The molecule has 1 N–H and O–H groups in total. The molecule has 0 saturated heterocycles. The lowest BCUT2D eigenvalue weighted by molar-refractivity contribution is -0.115. The molecule has 2 aromatic rings. The molecule has 1 heterocycles. The third-order valence-electron chi connectivity index (χ3n) is 2.67. The summed E-state index contributed by atoms with van der Waals surface area (Å²) in [5.41, 5.74) is 1.72. The quantitative estimate of drug-likeness (QED) is 0.804. The second kappa shape index (κ2) is 7.49. The van der Waals surface area contributed by atoms with E-state index in [1.807, 2.05) is 26.2 Å². The molecule has 1 unspecified atom stereocenters. The van der Waals surface area contributed by atoms with E-state index in [9.17, 15) is 4.79 Å². The third-order valence-corrected chi connectivity index (χ3v) is 5.98. The maximum absolute atomic E-state index is 12.2. The number of rotatable bonds is 5. The van der Waals surface area contributed by atoms with E-state index in [-0.39, 0.29) is 11.2 Å². The Kier molecular flexibility index (Phi) is 5.92. The van der Waals surface area contributed by atoms with Gasteiger partial charge in [-0.25, -0.2) is 0 Å². The zero-order valence-corrected chi connectivity index (χ0v) is 14.9. The first-order valence-electron chi connectivity index (χ1n) is 6.10. The molecule has 0 fully saturated rings. The summed E-state index contributed by atoms with van der Waals surface area (Å²) >= 11 is 10.4. The lowest BCUT2D eigenvalue weighted by Crippen LogP contribution is -2.22. The van der Waals surface area contributed by atoms with Gasteiger partial charge in [-0.3, -0.25) is 4.79 Å². The van der Waals surface area contributed by atoms with Gasteiger partial charge in [0.2, 0.25) is 5.91 Å². The van der Waals surface area contributed by atoms with Crippen molar-refractivity contribution in [1.29, 1.82) is 0 Å². The Morgan fingerprint density at radius 2 is 2.10 bits per heavy atom. The number of benzene rings is 1. The number of hydrogen-bond donors (Lipinski definition) is 1. The standard InChI is InChI=1S/C13H14ClN3OS3/c1-7-4-5-9(14)6-10(7)15-11(18)8(2)20-13-17-16-12(19-3)21-13/h4-6,8H,1-3H3,(H,15,18). The third kappa shape index (κ3) is 4.60. The van der Waals surface area contributed by atoms with Crippen LogP contribution in [0.4, 0.5) is 5.69 Å². The number of nitrogens with zero attached hydrogens (tertiary/aromatic N) is 2. The largest absolute Gasteiger partial charge is 0.325 e. The van der Waals surface area contributed by atoms with Gasteiger partial charge in [0, 0.05) is 10.7 Å². The number of hydrogen-bond acceptors (Lipinski definition) is 6. The van der Waals surface area contributed by atoms with Gasteiger partial charge in [-0.2, -0.15) is 0 Å². The monoisotopic (exact) mass is 359 g/mol. The number of carbonyl (C=O) groups is 1. The van der Waals surface area contributed by atoms with Crippen LogP contribution in [0.3, 0.4) is 0 Å². The van der Waals surface area contributed by atoms with Crippen LogP contribution in [0.2, 0.25) is 5.02 Å². The number of anilines is 1.